The largest absolute Gasteiger partial charge is 0.493 e. The molecule has 0 fully saturated rings. The molecule has 0 radical (unpaired) electrons. The first-order valence-corrected chi connectivity index (χ1v) is 9.64. The van der Waals surface area contributed by atoms with E-state index in [2.05, 4.69) is 38.8 Å². The summed E-state index contributed by atoms with van der Waals surface area (Å²) in [5.41, 5.74) is 3.25. The van der Waals surface area contributed by atoms with Crippen LogP contribution >= 0.6 is 0 Å². The van der Waals surface area contributed by atoms with Gasteiger partial charge in [-0.1, -0.05) is 17.2 Å². The molecule has 0 saturated carbocycles. The number of benzene rings is 2. The molecule has 0 N–H and O–H groups in total. The molecule has 0 atom stereocenters. The van der Waals surface area contributed by atoms with Gasteiger partial charge in [0.25, 0.3) is 5.82 Å². The van der Waals surface area contributed by atoms with E-state index in [1.807, 2.05) is 56.4 Å². The lowest BCUT2D eigenvalue weighted by molar-refractivity contribution is -0.693. The predicted octanol–water partition coefficient (Wildman–Crippen LogP) is 3.11. The van der Waals surface area contributed by atoms with Crippen LogP contribution in [-0.4, -0.2) is 46.3 Å². The SMILES string of the molecule is COc1cc(C[n+]2ccn(N=Cc3ccc(N(C)C)cc3)c2C)cc(OC)c1OC. The van der Waals surface area contributed by atoms with Crippen molar-refractivity contribution < 1.29 is 18.8 Å². The quantitative estimate of drug-likeness (QED) is 0.424. The summed E-state index contributed by atoms with van der Waals surface area (Å²) in [6, 6.07) is 12.2. The van der Waals surface area contributed by atoms with Gasteiger partial charge in [-0.3, -0.25) is 0 Å². The van der Waals surface area contributed by atoms with Crippen LogP contribution in [0, 0.1) is 6.92 Å². The highest BCUT2D eigenvalue weighted by Crippen LogP contribution is 2.38. The Labute approximate surface area is 177 Å². The number of imidazole rings is 1. The van der Waals surface area contributed by atoms with Gasteiger partial charge in [0.2, 0.25) is 5.75 Å². The van der Waals surface area contributed by atoms with Crippen molar-refractivity contribution in [3.05, 3.63) is 65.7 Å². The summed E-state index contributed by atoms with van der Waals surface area (Å²) >= 11 is 0. The molecule has 0 amide bonds. The van der Waals surface area contributed by atoms with Crippen LogP contribution in [0.15, 0.2) is 53.9 Å². The summed E-state index contributed by atoms with van der Waals surface area (Å²) < 4.78 is 20.3. The van der Waals surface area contributed by atoms with Gasteiger partial charge in [-0.05, 0) is 29.8 Å². The zero-order valence-electron chi connectivity index (χ0n) is 18.4. The molecule has 0 unspecified atom stereocenters. The molecule has 30 heavy (non-hydrogen) atoms. The molecule has 0 spiro atoms. The van der Waals surface area contributed by atoms with Crippen LogP contribution in [0.1, 0.15) is 17.0 Å². The Kier molecular flexibility index (Phi) is 6.61. The monoisotopic (exact) mass is 409 g/mol. The van der Waals surface area contributed by atoms with Gasteiger partial charge in [-0.15, -0.1) is 4.68 Å². The topological polar surface area (TPSA) is 52.1 Å². The molecule has 3 rings (SSSR count). The summed E-state index contributed by atoms with van der Waals surface area (Å²) in [6.07, 6.45) is 5.80. The Bertz CT molecular complexity index is 998. The van der Waals surface area contributed by atoms with Crippen molar-refractivity contribution in [2.75, 3.05) is 40.3 Å². The third kappa shape index (κ3) is 4.56. The van der Waals surface area contributed by atoms with Gasteiger partial charge in [0.15, 0.2) is 17.7 Å². The van der Waals surface area contributed by atoms with E-state index in [4.69, 9.17) is 14.2 Å². The van der Waals surface area contributed by atoms with E-state index in [1.54, 1.807) is 21.3 Å². The minimum atomic E-state index is 0.591. The second-order valence-electron chi connectivity index (χ2n) is 7.08. The molecule has 7 heteroatoms. The number of ether oxygens (including phenoxy) is 3. The third-order valence-electron chi connectivity index (χ3n) is 4.95. The highest BCUT2D eigenvalue weighted by molar-refractivity contribution is 5.80. The fourth-order valence-electron chi connectivity index (χ4n) is 3.19. The zero-order valence-corrected chi connectivity index (χ0v) is 18.4. The van der Waals surface area contributed by atoms with Crippen molar-refractivity contribution in [1.82, 2.24) is 4.68 Å². The van der Waals surface area contributed by atoms with Gasteiger partial charge in [0.05, 0.1) is 27.5 Å². The second-order valence-corrected chi connectivity index (χ2v) is 7.08. The molecular weight excluding hydrogens is 380 g/mol. The Balaban J connectivity index is 1.80. The van der Waals surface area contributed by atoms with Crippen molar-refractivity contribution in [2.24, 2.45) is 5.10 Å². The fraction of sp³-hybridized carbons (Fsp3) is 0.304. The van der Waals surface area contributed by atoms with Crippen LogP contribution in [0.25, 0.3) is 0 Å². The minimum absolute atomic E-state index is 0.591. The lowest BCUT2D eigenvalue weighted by Gasteiger charge is -2.13. The molecule has 0 aliphatic rings. The van der Waals surface area contributed by atoms with E-state index < -0.39 is 0 Å². The number of rotatable bonds is 8. The number of anilines is 1. The first-order chi connectivity index (χ1) is 14.5. The van der Waals surface area contributed by atoms with E-state index in [-0.39, 0.29) is 0 Å². The Morgan fingerprint density at radius 1 is 1.00 bits per heavy atom. The van der Waals surface area contributed by atoms with Crippen molar-refractivity contribution in [1.29, 1.82) is 0 Å². The first kappa shape index (κ1) is 21.2. The number of methoxy groups -OCH3 is 3. The molecule has 0 saturated heterocycles. The van der Waals surface area contributed by atoms with E-state index >= 15 is 0 Å². The molecule has 1 heterocycles. The summed E-state index contributed by atoms with van der Waals surface area (Å²) in [4.78, 5) is 2.07. The molecule has 3 aromatic rings. The van der Waals surface area contributed by atoms with Gasteiger partial charge in [0, 0.05) is 32.3 Å². The van der Waals surface area contributed by atoms with E-state index in [1.165, 1.54) is 0 Å². The fourth-order valence-corrected chi connectivity index (χ4v) is 3.19. The van der Waals surface area contributed by atoms with Crippen molar-refractivity contribution in [3.63, 3.8) is 0 Å². The average Bonchev–Trinajstić information content (AvgIpc) is 3.10. The van der Waals surface area contributed by atoms with Gasteiger partial charge in [0.1, 0.15) is 12.7 Å². The zero-order chi connectivity index (χ0) is 21.7. The highest BCUT2D eigenvalue weighted by atomic mass is 16.5. The maximum Gasteiger partial charge on any atom is 0.279 e. The highest BCUT2D eigenvalue weighted by Gasteiger charge is 2.17. The van der Waals surface area contributed by atoms with Crippen molar-refractivity contribution in [2.45, 2.75) is 13.5 Å². The van der Waals surface area contributed by atoms with Crippen LogP contribution in [0.2, 0.25) is 0 Å². The number of hydrogen-bond donors (Lipinski definition) is 0. The molecule has 0 aliphatic carbocycles. The standard InChI is InChI=1S/C23H29N4O3/c1-17-26(16-19-13-21(28-4)23(30-6)22(14-19)29-5)11-12-27(17)24-15-18-7-9-20(10-8-18)25(2)3/h7-15H,16H2,1-6H3/q+1. The van der Waals surface area contributed by atoms with E-state index in [9.17, 15) is 0 Å². The van der Waals surface area contributed by atoms with Gasteiger partial charge in [-0.2, -0.15) is 0 Å². The van der Waals surface area contributed by atoms with E-state index in [0.29, 0.717) is 23.8 Å². The Morgan fingerprint density at radius 2 is 1.63 bits per heavy atom. The first-order valence-electron chi connectivity index (χ1n) is 9.64. The summed E-state index contributed by atoms with van der Waals surface area (Å²) in [5, 5.41) is 4.60. The maximum absolute atomic E-state index is 5.46. The van der Waals surface area contributed by atoms with Gasteiger partial charge < -0.3 is 19.1 Å². The van der Waals surface area contributed by atoms with Gasteiger partial charge >= 0.3 is 0 Å². The van der Waals surface area contributed by atoms with Crippen LogP contribution in [0.5, 0.6) is 17.2 Å². The molecule has 7 nitrogen and oxygen atoms in total. The van der Waals surface area contributed by atoms with Crippen LogP contribution in [0.3, 0.4) is 0 Å². The second kappa shape index (κ2) is 9.35. The predicted molar refractivity (Wildman–Crippen MR) is 118 cm³/mol. The number of hydrogen-bond acceptors (Lipinski definition) is 5. The van der Waals surface area contributed by atoms with Crippen molar-refractivity contribution in [3.8, 4) is 17.2 Å². The molecule has 158 valence electrons. The summed E-state index contributed by atoms with van der Waals surface area (Å²) in [7, 11) is 8.90. The molecular formula is C23H29N4O3+. The Morgan fingerprint density at radius 3 is 2.17 bits per heavy atom. The number of nitrogens with zero attached hydrogens (tertiary/aromatic N) is 4. The van der Waals surface area contributed by atoms with Crippen LogP contribution in [0.4, 0.5) is 5.69 Å². The third-order valence-corrected chi connectivity index (χ3v) is 4.95. The number of aromatic nitrogens is 2. The van der Waals surface area contributed by atoms with Crippen LogP contribution < -0.4 is 23.7 Å². The normalized spacial score (nSPS) is 11.0. The Hall–Kier alpha value is -3.48. The molecule has 0 bridgehead atoms. The maximum atomic E-state index is 5.46. The lowest BCUT2D eigenvalue weighted by Crippen LogP contribution is -2.35. The summed E-state index contributed by atoms with van der Waals surface area (Å²) in [5.74, 6) is 2.88. The van der Waals surface area contributed by atoms with E-state index in [0.717, 1.165) is 22.6 Å². The lowest BCUT2D eigenvalue weighted by atomic mass is 10.1. The molecule has 2 aromatic carbocycles. The van der Waals surface area contributed by atoms with Crippen molar-refractivity contribution >= 4 is 11.9 Å². The smallest absolute Gasteiger partial charge is 0.279 e. The molecule has 0 aliphatic heterocycles. The van der Waals surface area contributed by atoms with Gasteiger partial charge in [-0.25, -0.2) is 4.57 Å². The summed E-state index contributed by atoms with van der Waals surface area (Å²) in [6.45, 7) is 2.69. The molecule has 1 aromatic heterocycles. The minimum Gasteiger partial charge on any atom is -0.493 e. The van der Waals surface area contributed by atoms with Crippen LogP contribution in [-0.2, 0) is 6.54 Å². The average molecular weight is 410 g/mol.